The quantitative estimate of drug-likeness (QED) is 0.790. The summed E-state index contributed by atoms with van der Waals surface area (Å²) < 4.78 is 0. The first-order valence-electron chi connectivity index (χ1n) is 4.54. The first kappa shape index (κ1) is 11.2. The van der Waals surface area contributed by atoms with E-state index in [-0.39, 0.29) is 0 Å². The first-order chi connectivity index (χ1) is 7.59. The highest BCUT2D eigenvalue weighted by Crippen LogP contribution is 2.36. The average Bonchev–Trinajstić information content (AvgIpc) is 2.70. The van der Waals surface area contributed by atoms with E-state index < -0.39 is 11.3 Å². The summed E-state index contributed by atoms with van der Waals surface area (Å²) in [5, 5.41) is 1.88. The summed E-state index contributed by atoms with van der Waals surface area (Å²) >= 11 is 7.39. The molecule has 1 atom stereocenters. The number of halogens is 1. The van der Waals surface area contributed by atoms with Crippen LogP contribution >= 0.6 is 23.4 Å². The minimum atomic E-state index is -0.459. The molecule has 2 rings (SSSR count). The molecule has 1 aliphatic rings. The predicted octanol–water partition coefficient (Wildman–Crippen LogP) is 1.76. The summed E-state index contributed by atoms with van der Waals surface area (Å²) in [6.07, 6.45) is 1.76. The molecule has 0 aromatic heterocycles. The highest BCUT2D eigenvalue weighted by Gasteiger charge is 2.27. The van der Waals surface area contributed by atoms with Gasteiger partial charge in [-0.15, -0.1) is 0 Å². The molecule has 1 aromatic rings. The summed E-state index contributed by atoms with van der Waals surface area (Å²) in [7, 11) is 0. The fourth-order valence-electron chi connectivity index (χ4n) is 1.46. The van der Waals surface area contributed by atoms with Crippen LogP contribution in [0.1, 0.15) is 0 Å². The first-order valence-corrected chi connectivity index (χ1v) is 5.86. The normalized spacial score (nSPS) is 19.1. The van der Waals surface area contributed by atoms with E-state index in [0.29, 0.717) is 16.4 Å². The number of nitrogens with two attached hydrogens (primary N) is 2. The summed E-state index contributed by atoms with van der Waals surface area (Å²) in [6.45, 7) is 0. The monoisotopic (exact) mass is 255 g/mol. The van der Waals surface area contributed by atoms with Gasteiger partial charge in [0.25, 0.3) is 5.91 Å². The molecular formula is C10H10ClN3OS. The average molecular weight is 256 g/mol. The second-order valence-electron chi connectivity index (χ2n) is 3.29. The Balaban J connectivity index is 2.39. The van der Waals surface area contributed by atoms with Gasteiger partial charge in [0, 0.05) is 11.9 Å². The van der Waals surface area contributed by atoms with E-state index in [4.69, 9.17) is 23.1 Å². The van der Waals surface area contributed by atoms with Crippen LogP contribution in [0.4, 0.5) is 11.4 Å². The topological polar surface area (TPSA) is 72.4 Å². The number of nitrogens with zero attached hydrogens (tertiary/aromatic N) is 1. The maximum absolute atomic E-state index is 11.2. The number of carbonyl (C=O) groups excluding carboxylic acids is 1. The molecule has 1 heterocycles. The number of thioether (sulfide) groups is 1. The third-order valence-electron chi connectivity index (χ3n) is 2.17. The summed E-state index contributed by atoms with van der Waals surface area (Å²) in [5.41, 5.74) is 12.3. The molecule has 0 saturated carbocycles. The van der Waals surface area contributed by atoms with Crippen LogP contribution in [0.15, 0.2) is 29.8 Å². The molecule has 1 aromatic carbocycles. The lowest BCUT2D eigenvalue weighted by molar-refractivity contribution is -0.117. The van der Waals surface area contributed by atoms with Crippen LogP contribution in [0.25, 0.3) is 0 Å². The van der Waals surface area contributed by atoms with Gasteiger partial charge in [0.15, 0.2) is 5.37 Å². The van der Waals surface area contributed by atoms with Crippen molar-refractivity contribution in [3.05, 3.63) is 34.8 Å². The van der Waals surface area contributed by atoms with E-state index in [1.807, 2.05) is 0 Å². The second kappa shape index (κ2) is 4.27. The van der Waals surface area contributed by atoms with Crippen LogP contribution in [0.3, 0.4) is 0 Å². The number of primary amides is 1. The number of hydrogen-bond donors (Lipinski definition) is 2. The lowest BCUT2D eigenvalue weighted by atomic mass is 10.2. The Kier molecular flexibility index (Phi) is 2.98. The third-order valence-corrected chi connectivity index (χ3v) is 3.49. The zero-order valence-corrected chi connectivity index (χ0v) is 9.83. The standard InChI is InChI=1S/C10H10ClN3OS/c11-7-2-1-6(12)5-8(7)14-3-4-16-10(14)9(13)15/h1-5,10H,12H2,(H2,13,15). The zero-order valence-electron chi connectivity index (χ0n) is 8.26. The van der Waals surface area contributed by atoms with Gasteiger partial charge in [0.1, 0.15) is 0 Å². The summed E-state index contributed by atoms with van der Waals surface area (Å²) in [5.74, 6) is -0.409. The highest BCUT2D eigenvalue weighted by molar-refractivity contribution is 8.03. The molecule has 1 unspecified atom stereocenters. The number of carbonyl (C=O) groups is 1. The van der Waals surface area contributed by atoms with Gasteiger partial charge in [-0.05, 0) is 23.6 Å². The van der Waals surface area contributed by atoms with Gasteiger partial charge in [-0.25, -0.2) is 0 Å². The van der Waals surface area contributed by atoms with E-state index in [1.165, 1.54) is 11.8 Å². The van der Waals surface area contributed by atoms with Gasteiger partial charge in [-0.2, -0.15) is 0 Å². The molecule has 0 spiro atoms. The Morgan fingerprint density at radius 1 is 1.50 bits per heavy atom. The molecule has 0 bridgehead atoms. The Labute approximate surface area is 102 Å². The molecule has 0 aliphatic carbocycles. The van der Waals surface area contributed by atoms with Crippen molar-refractivity contribution in [3.8, 4) is 0 Å². The summed E-state index contributed by atoms with van der Waals surface area (Å²) in [6, 6.07) is 5.12. The lowest BCUT2D eigenvalue weighted by Crippen LogP contribution is -2.37. The van der Waals surface area contributed by atoms with Crippen LogP contribution in [0.5, 0.6) is 0 Å². The van der Waals surface area contributed by atoms with Crippen LogP contribution in [0.2, 0.25) is 5.02 Å². The molecule has 0 fully saturated rings. The predicted molar refractivity (Wildman–Crippen MR) is 68.1 cm³/mol. The maximum atomic E-state index is 11.2. The van der Waals surface area contributed by atoms with Crippen molar-refractivity contribution in [3.63, 3.8) is 0 Å². The van der Waals surface area contributed by atoms with E-state index in [2.05, 4.69) is 0 Å². The van der Waals surface area contributed by atoms with Gasteiger partial charge in [0.05, 0.1) is 10.7 Å². The van der Waals surface area contributed by atoms with Crippen LogP contribution < -0.4 is 16.4 Å². The number of nitrogen functional groups attached to an aromatic ring is 1. The Morgan fingerprint density at radius 2 is 2.25 bits per heavy atom. The van der Waals surface area contributed by atoms with Crippen molar-refractivity contribution in [2.75, 3.05) is 10.6 Å². The van der Waals surface area contributed by atoms with Gasteiger partial charge in [-0.3, -0.25) is 4.79 Å². The zero-order chi connectivity index (χ0) is 11.7. The molecule has 4 nitrogen and oxygen atoms in total. The van der Waals surface area contributed by atoms with Gasteiger partial charge in [0.2, 0.25) is 0 Å². The maximum Gasteiger partial charge on any atom is 0.251 e. The van der Waals surface area contributed by atoms with Crippen molar-refractivity contribution in [2.24, 2.45) is 5.73 Å². The van der Waals surface area contributed by atoms with Crippen molar-refractivity contribution in [1.82, 2.24) is 0 Å². The van der Waals surface area contributed by atoms with Gasteiger partial charge < -0.3 is 16.4 Å². The fourth-order valence-corrected chi connectivity index (χ4v) is 2.47. The van der Waals surface area contributed by atoms with Crippen molar-refractivity contribution < 1.29 is 4.79 Å². The lowest BCUT2D eigenvalue weighted by Gasteiger charge is -2.23. The largest absolute Gasteiger partial charge is 0.399 e. The van der Waals surface area contributed by atoms with E-state index in [9.17, 15) is 4.79 Å². The van der Waals surface area contributed by atoms with Crippen LogP contribution in [-0.2, 0) is 4.79 Å². The Hall–Kier alpha value is -1.33. The van der Waals surface area contributed by atoms with E-state index in [1.54, 1.807) is 34.7 Å². The number of anilines is 2. The molecule has 1 aliphatic heterocycles. The molecular weight excluding hydrogens is 246 g/mol. The van der Waals surface area contributed by atoms with Crippen LogP contribution in [-0.4, -0.2) is 11.3 Å². The van der Waals surface area contributed by atoms with Gasteiger partial charge in [-0.1, -0.05) is 23.4 Å². The molecule has 16 heavy (non-hydrogen) atoms. The number of rotatable bonds is 2. The number of hydrogen-bond acceptors (Lipinski definition) is 4. The third kappa shape index (κ3) is 1.96. The molecule has 0 saturated heterocycles. The summed E-state index contributed by atoms with van der Waals surface area (Å²) in [4.78, 5) is 12.9. The molecule has 6 heteroatoms. The van der Waals surface area contributed by atoms with Crippen molar-refractivity contribution in [1.29, 1.82) is 0 Å². The molecule has 4 N–H and O–H groups in total. The molecule has 0 radical (unpaired) electrons. The smallest absolute Gasteiger partial charge is 0.251 e. The van der Waals surface area contributed by atoms with Gasteiger partial charge >= 0.3 is 0 Å². The van der Waals surface area contributed by atoms with E-state index >= 15 is 0 Å². The minimum absolute atomic E-state index is 0.409. The minimum Gasteiger partial charge on any atom is -0.399 e. The van der Waals surface area contributed by atoms with Crippen molar-refractivity contribution >= 4 is 40.6 Å². The Morgan fingerprint density at radius 3 is 2.94 bits per heavy atom. The van der Waals surface area contributed by atoms with Crippen molar-refractivity contribution in [2.45, 2.75) is 5.37 Å². The number of benzene rings is 1. The molecule has 1 amide bonds. The highest BCUT2D eigenvalue weighted by atomic mass is 35.5. The van der Waals surface area contributed by atoms with E-state index in [0.717, 1.165) is 0 Å². The Bertz CT molecular complexity index is 463. The van der Waals surface area contributed by atoms with Crippen LogP contribution in [0, 0.1) is 0 Å². The second-order valence-corrected chi connectivity index (χ2v) is 4.69. The molecule has 84 valence electrons. The SMILES string of the molecule is NC(=O)C1SC=CN1c1cc(N)ccc1Cl. The fraction of sp³-hybridized carbons (Fsp3) is 0.100. The number of amides is 1.